The van der Waals surface area contributed by atoms with E-state index in [4.69, 9.17) is 9.26 Å². The fourth-order valence-electron chi connectivity index (χ4n) is 2.87. The van der Waals surface area contributed by atoms with Crippen molar-refractivity contribution in [3.8, 4) is 0 Å². The van der Waals surface area contributed by atoms with Crippen molar-refractivity contribution in [2.24, 2.45) is 4.99 Å². The van der Waals surface area contributed by atoms with Gasteiger partial charge in [0.1, 0.15) is 6.10 Å². The molecule has 7 nitrogen and oxygen atoms in total. The third kappa shape index (κ3) is 5.66. The van der Waals surface area contributed by atoms with Crippen LogP contribution in [0.15, 0.2) is 9.52 Å². The Hall–Kier alpha value is -1.28. The van der Waals surface area contributed by atoms with E-state index in [1.165, 1.54) is 25.7 Å². The van der Waals surface area contributed by atoms with Gasteiger partial charge < -0.3 is 19.9 Å². The number of nitrogens with zero attached hydrogens (tertiary/aromatic N) is 3. The molecule has 1 heterocycles. The molecule has 0 radical (unpaired) electrons. The summed E-state index contributed by atoms with van der Waals surface area (Å²) >= 11 is 1.96. The highest BCUT2D eigenvalue weighted by Gasteiger charge is 2.22. The Balaban J connectivity index is 1.81. The monoisotopic (exact) mass is 355 g/mol. The number of aliphatic imine (C=N–C) groups is 1. The Morgan fingerprint density at radius 3 is 3.04 bits per heavy atom. The van der Waals surface area contributed by atoms with E-state index in [-0.39, 0.29) is 6.10 Å². The zero-order chi connectivity index (χ0) is 17.4. The quantitative estimate of drug-likeness (QED) is 0.574. The van der Waals surface area contributed by atoms with Crippen molar-refractivity contribution in [3.63, 3.8) is 0 Å². The van der Waals surface area contributed by atoms with Gasteiger partial charge in [-0.05, 0) is 39.4 Å². The van der Waals surface area contributed by atoms with E-state index >= 15 is 0 Å². The normalized spacial score (nSPS) is 23.1. The lowest BCUT2D eigenvalue weighted by atomic mass is 9.95. The molecule has 8 heteroatoms. The number of guanidine groups is 1. The van der Waals surface area contributed by atoms with Crippen LogP contribution in [0.3, 0.4) is 0 Å². The Morgan fingerprint density at radius 1 is 1.50 bits per heavy atom. The molecule has 24 heavy (non-hydrogen) atoms. The first-order valence-corrected chi connectivity index (χ1v) is 9.89. The second-order valence-electron chi connectivity index (χ2n) is 5.94. The average Bonchev–Trinajstić information content (AvgIpc) is 3.08. The van der Waals surface area contributed by atoms with Crippen molar-refractivity contribution in [1.29, 1.82) is 0 Å². The number of hydrogen-bond donors (Lipinski definition) is 2. The second-order valence-corrected chi connectivity index (χ2v) is 7.07. The van der Waals surface area contributed by atoms with Gasteiger partial charge in [-0.2, -0.15) is 16.7 Å². The summed E-state index contributed by atoms with van der Waals surface area (Å²) in [7, 11) is 1.78. The first-order chi connectivity index (χ1) is 11.7. The van der Waals surface area contributed by atoms with E-state index in [1.807, 2.05) is 25.6 Å². The lowest BCUT2D eigenvalue weighted by Crippen LogP contribution is -2.45. The van der Waals surface area contributed by atoms with E-state index < -0.39 is 0 Å². The van der Waals surface area contributed by atoms with E-state index in [1.54, 1.807) is 7.05 Å². The molecule has 0 saturated heterocycles. The van der Waals surface area contributed by atoms with Gasteiger partial charge in [-0.25, -0.2) is 0 Å². The van der Waals surface area contributed by atoms with Gasteiger partial charge in [0.25, 0.3) is 0 Å². The van der Waals surface area contributed by atoms with Gasteiger partial charge in [0.15, 0.2) is 11.8 Å². The summed E-state index contributed by atoms with van der Waals surface area (Å²) < 4.78 is 10.7. The van der Waals surface area contributed by atoms with Gasteiger partial charge >= 0.3 is 0 Å². The van der Waals surface area contributed by atoms with Gasteiger partial charge in [0, 0.05) is 24.9 Å². The summed E-state index contributed by atoms with van der Waals surface area (Å²) in [4.78, 5) is 8.65. The molecule has 136 valence electrons. The Kier molecular flexibility index (Phi) is 7.84. The van der Waals surface area contributed by atoms with Gasteiger partial charge in [0.2, 0.25) is 5.89 Å². The first kappa shape index (κ1) is 19.1. The van der Waals surface area contributed by atoms with E-state index in [0.717, 1.165) is 11.2 Å². The van der Waals surface area contributed by atoms with Crippen LogP contribution in [0.1, 0.15) is 57.3 Å². The smallest absolute Gasteiger partial charge is 0.246 e. The summed E-state index contributed by atoms with van der Waals surface area (Å²) in [6, 6.07) is 0.471. The molecular weight excluding hydrogens is 326 g/mol. The Bertz CT molecular complexity index is 522. The van der Waals surface area contributed by atoms with Crippen LogP contribution < -0.4 is 10.6 Å². The molecule has 1 aliphatic rings. The molecule has 0 aliphatic heterocycles. The number of hydrogen-bond acceptors (Lipinski definition) is 6. The maximum Gasteiger partial charge on any atom is 0.246 e. The number of rotatable bonds is 7. The van der Waals surface area contributed by atoms with Crippen LogP contribution in [0.4, 0.5) is 0 Å². The molecule has 0 amide bonds. The Morgan fingerprint density at radius 2 is 2.33 bits per heavy atom. The molecule has 3 unspecified atom stereocenters. The van der Waals surface area contributed by atoms with Crippen molar-refractivity contribution < 1.29 is 9.26 Å². The van der Waals surface area contributed by atoms with E-state index in [9.17, 15) is 0 Å². The standard InChI is InChI=1S/C16H29N5O2S/c1-5-22-11(2)15-20-14(23-21-15)10-18-16(17-3)19-12-7-6-8-13(9-12)24-4/h11-13H,5-10H2,1-4H3,(H2,17,18,19). The fourth-order valence-corrected chi connectivity index (χ4v) is 3.69. The van der Waals surface area contributed by atoms with Crippen molar-refractivity contribution in [2.75, 3.05) is 19.9 Å². The molecule has 1 saturated carbocycles. The SMILES string of the molecule is CCOC(C)c1noc(CNC(=NC)NC2CCCC(SC)C2)n1. The van der Waals surface area contributed by atoms with Gasteiger partial charge in [-0.3, -0.25) is 4.99 Å². The van der Waals surface area contributed by atoms with Crippen LogP contribution in [-0.4, -0.2) is 47.3 Å². The zero-order valence-corrected chi connectivity index (χ0v) is 15.9. The number of ether oxygens (including phenoxy) is 1. The second kappa shape index (κ2) is 9.88. The summed E-state index contributed by atoms with van der Waals surface area (Å²) in [5.41, 5.74) is 0. The average molecular weight is 356 g/mol. The van der Waals surface area contributed by atoms with Crippen LogP contribution in [0.5, 0.6) is 0 Å². The fraction of sp³-hybridized carbons (Fsp3) is 0.812. The lowest BCUT2D eigenvalue weighted by Gasteiger charge is -2.29. The zero-order valence-electron chi connectivity index (χ0n) is 15.0. The molecule has 2 N–H and O–H groups in total. The molecule has 2 rings (SSSR count). The van der Waals surface area contributed by atoms with Crippen molar-refractivity contribution in [2.45, 2.75) is 63.5 Å². The predicted octanol–water partition coefficient (Wildman–Crippen LogP) is 2.51. The minimum atomic E-state index is -0.157. The molecule has 1 fully saturated rings. The summed E-state index contributed by atoms with van der Waals surface area (Å²) in [6.45, 7) is 4.93. The van der Waals surface area contributed by atoms with Crippen LogP contribution in [0.25, 0.3) is 0 Å². The highest BCUT2D eigenvalue weighted by Crippen LogP contribution is 2.26. The van der Waals surface area contributed by atoms with Crippen molar-refractivity contribution in [3.05, 3.63) is 11.7 Å². The van der Waals surface area contributed by atoms with Crippen LogP contribution in [0, 0.1) is 0 Å². The van der Waals surface area contributed by atoms with Crippen molar-refractivity contribution >= 4 is 17.7 Å². The van der Waals surface area contributed by atoms with Gasteiger partial charge in [-0.1, -0.05) is 11.6 Å². The summed E-state index contributed by atoms with van der Waals surface area (Å²) in [6.07, 6.45) is 6.98. The van der Waals surface area contributed by atoms with Crippen molar-refractivity contribution in [1.82, 2.24) is 20.8 Å². The van der Waals surface area contributed by atoms with E-state index in [2.05, 4.69) is 32.0 Å². The number of nitrogens with one attached hydrogen (secondary N) is 2. The molecular formula is C16H29N5O2S. The van der Waals surface area contributed by atoms with E-state index in [0.29, 0.717) is 30.9 Å². The minimum Gasteiger partial charge on any atom is -0.371 e. The molecule has 1 aromatic rings. The minimum absolute atomic E-state index is 0.157. The third-order valence-corrected chi connectivity index (χ3v) is 5.29. The maximum atomic E-state index is 5.47. The highest BCUT2D eigenvalue weighted by atomic mass is 32.2. The maximum absolute atomic E-state index is 5.47. The molecule has 1 aliphatic carbocycles. The molecule has 1 aromatic heterocycles. The third-order valence-electron chi connectivity index (χ3n) is 4.20. The predicted molar refractivity (Wildman–Crippen MR) is 97.2 cm³/mol. The van der Waals surface area contributed by atoms with Gasteiger partial charge in [-0.15, -0.1) is 0 Å². The lowest BCUT2D eigenvalue weighted by molar-refractivity contribution is 0.0683. The highest BCUT2D eigenvalue weighted by molar-refractivity contribution is 7.99. The van der Waals surface area contributed by atoms with Gasteiger partial charge in [0.05, 0.1) is 6.54 Å². The molecule has 0 bridgehead atoms. The molecule has 0 spiro atoms. The van der Waals surface area contributed by atoms with Crippen LogP contribution in [0.2, 0.25) is 0 Å². The largest absolute Gasteiger partial charge is 0.371 e. The topological polar surface area (TPSA) is 84.6 Å². The molecule has 0 aromatic carbocycles. The Labute approximate surface area is 148 Å². The van der Waals surface area contributed by atoms with Crippen LogP contribution >= 0.6 is 11.8 Å². The summed E-state index contributed by atoms with van der Waals surface area (Å²) in [5, 5.41) is 11.5. The first-order valence-electron chi connectivity index (χ1n) is 8.60. The number of thioether (sulfide) groups is 1. The van der Waals surface area contributed by atoms with Crippen LogP contribution in [-0.2, 0) is 11.3 Å². The molecule has 3 atom stereocenters. The number of aromatic nitrogens is 2. The summed E-state index contributed by atoms with van der Waals surface area (Å²) in [5.74, 6) is 1.89.